The van der Waals surface area contributed by atoms with Gasteiger partial charge in [0.2, 0.25) is 5.91 Å². The molecule has 1 atom stereocenters. The number of fused-ring (bicyclic) bond motifs is 1. The molecule has 0 unspecified atom stereocenters. The lowest BCUT2D eigenvalue weighted by Crippen LogP contribution is -2.30. The lowest BCUT2D eigenvalue weighted by molar-refractivity contribution is -0.151. The summed E-state index contributed by atoms with van der Waals surface area (Å²) in [6, 6.07) is 5.51. The number of nitrogens with one attached hydrogen (secondary N) is 1. The number of rotatable bonds is 3. The molecule has 0 bridgehead atoms. The SMILES string of the molecule is CCOC(=O)[C@H]1CCc2ccc(OC)cc2NC1=O. The average molecular weight is 263 g/mol. The number of aryl methyl sites for hydroxylation is 1. The highest BCUT2D eigenvalue weighted by molar-refractivity contribution is 6.05. The van der Waals surface area contributed by atoms with Gasteiger partial charge < -0.3 is 14.8 Å². The third-order valence-electron chi connectivity index (χ3n) is 3.16. The maximum atomic E-state index is 12.0. The molecule has 0 radical (unpaired) electrons. The van der Waals surface area contributed by atoms with Gasteiger partial charge in [-0.15, -0.1) is 0 Å². The topological polar surface area (TPSA) is 64.6 Å². The highest BCUT2D eigenvalue weighted by Gasteiger charge is 2.30. The van der Waals surface area contributed by atoms with Crippen molar-refractivity contribution in [3.05, 3.63) is 23.8 Å². The third-order valence-corrected chi connectivity index (χ3v) is 3.16. The van der Waals surface area contributed by atoms with Crippen molar-refractivity contribution in [3.8, 4) is 5.75 Å². The van der Waals surface area contributed by atoms with Crippen molar-refractivity contribution in [2.75, 3.05) is 19.0 Å². The maximum absolute atomic E-state index is 12.0. The molecule has 102 valence electrons. The van der Waals surface area contributed by atoms with Crippen LogP contribution in [0.3, 0.4) is 0 Å². The van der Waals surface area contributed by atoms with E-state index in [1.807, 2.05) is 12.1 Å². The summed E-state index contributed by atoms with van der Waals surface area (Å²) in [5.74, 6) is -0.836. The molecule has 5 nitrogen and oxygen atoms in total. The molecular formula is C14H17NO4. The number of benzene rings is 1. The molecule has 0 fully saturated rings. The molecule has 1 aliphatic heterocycles. The fraction of sp³-hybridized carbons (Fsp3) is 0.429. The fourth-order valence-corrected chi connectivity index (χ4v) is 2.14. The highest BCUT2D eigenvalue weighted by Crippen LogP contribution is 2.28. The first-order valence-corrected chi connectivity index (χ1v) is 6.30. The molecule has 2 rings (SSSR count). The second kappa shape index (κ2) is 5.73. The van der Waals surface area contributed by atoms with Crippen LogP contribution in [0, 0.1) is 5.92 Å². The van der Waals surface area contributed by atoms with Gasteiger partial charge in [-0.2, -0.15) is 0 Å². The van der Waals surface area contributed by atoms with Crippen molar-refractivity contribution in [3.63, 3.8) is 0 Å². The number of amides is 1. The number of carbonyl (C=O) groups is 2. The van der Waals surface area contributed by atoms with Crippen LogP contribution in [0.1, 0.15) is 18.9 Å². The summed E-state index contributed by atoms with van der Waals surface area (Å²) in [6.07, 6.45) is 1.12. The van der Waals surface area contributed by atoms with Gasteiger partial charge >= 0.3 is 5.97 Å². The normalized spacial score (nSPS) is 18.0. The smallest absolute Gasteiger partial charge is 0.318 e. The summed E-state index contributed by atoms with van der Waals surface area (Å²) in [4.78, 5) is 23.8. The first kappa shape index (κ1) is 13.4. The first-order valence-electron chi connectivity index (χ1n) is 6.30. The number of hydrogen-bond donors (Lipinski definition) is 1. The predicted molar refractivity (Wildman–Crippen MR) is 70.1 cm³/mol. The van der Waals surface area contributed by atoms with Crippen molar-refractivity contribution in [1.82, 2.24) is 0 Å². The number of carbonyl (C=O) groups excluding carboxylic acids is 2. The zero-order valence-corrected chi connectivity index (χ0v) is 11.1. The Labute approximate surface area is 111 Å². The quantitative estimate of drug-likeness (QED) is 0.666. The van der Waals surface area contributed by atoms with E-state index in [1.165, 1.54) is 0 Å². The third kappa shape index (κ3) is 2.86. The minimum Gasteiger partial charge on any atom is -0.497 e. The zero-order valence-electron chi connectivity index (χ0n) is 11.1. The lowest BCUT2D eigenvalue weighted by atomic mass is 10.0. The monoisotopic (exact) mass is 263 g/mol. The Hall–Kier alpha value is -2.04. The Morgan fingerprint density at radius 3 is 2.95 bits per heavy atom. The first-order chi connectivity index (χ1) is 9.15. The standard InChI is InChI=1S/C14H17NO4/c1-3-19-14(17)11-7-5-9-4-6-10(18-2)8-12(9)15-13(11)16/h4,6,8,11H,3,5,7H2,1-2H3,(H,15,16)/t11-/m0/s1. The van der Waals surface area contributed by atoms with E-state index in [0.717, 1.165) is 5.56 Å². The molecule has 1 aliphatic rings. The molecule has 1 aromatic rings. The minimum atomic E-state index is -0.738. The van der Waals surface area contributed by atoms with E-state index < -0.39 is 11.9 Å². The minimum absolute atomic E-state index is 0.281. The molecule has 19 heavy (non-hydrogen) atoms. The Bertz CT molecular complexity index is 498. The van der Waals surface area contributed by atoms with Gasteiger partial charge in [-0.25, -0.2) is 0 Å². The van der Waals surface area contributed by atoms with Crippen molar-refractivity contribution >= 4 is 17.6 Å². The van der Waals surface area contributed by atoms with Gasteiger partial charge in [0, 0.05) is 11.8 Å². The van der Waals surface area contributed by atoms with Gasteiger partial charge in [-0.3, -0.25) is 9.59 Å². The molecule has 0 saturated carbocycles. The number of anilines is 1. The Balaban J connectivity index is 2.21. The van der Waals surface area contributed by atoms with Crippen LogP contribution in [0.2, 0.25) is 0 Å². The molecule has 1 N–H and O–H groups in total. The summed E-state index contributed by atoms with van der Waals surface area (Å²) in [5.41, 5.74) is 1.71. The van der Waals surface area contributed by atoms with E-state index in [4.69, 9.17) is 9.47 Å². The second-order valence-electron chi connectivity index (χ2n) is 4.36. The molecule has 0 spiro atoms. The Morgan fingerprint density at radius 2 is 2.26 bits per heavy atom. The van der Waals surface area contributed by atoms with Crippen LogP contribution in [0.4, 0.5) is 5.69 Å². The zero-order chi connectivity index (χ0) is 13.8. The second-order valence-corrected chi connectivity index (χ2v) is 4.36. The maximum Gasteiger partial charge on any atom is 0.318 e. The van der Waals surface area contributed by atoms with Gasteiger partial charge in [0.05, 0.1) is 13.7 Å². The number of methoxy groups -OCH3 is 1. The predicted octanol–water partition coefficient (Wildman–Crippen LogP) is 1.76. The van der Waals surface area contributed by atoms with Crippen LogP contribution >= 0.6 is 0 Å². The van der Waals surface area contributed by atoms with E-state index in [0.29, 0.717) is 24.3 Å². The molecule has 0 aliphatic carbocycles. The van der Waals surface area contributed by atoms with Crippen LogP contribution in [0.5, 0.6) is 5.75 Å². The van der Waals surface area contributed by atoms with Gasteiger partial charge in [-0.1, -0.05) is 6.07 Å². The van der Waals surface area contributed by atoms with Gasteiger partial charge in [0.15, 0.2) is 0 Å². The van der Waals surface area contributed by atoms with Gasteiger partial charge in [-0.05, 0) is 31.4 Å². The largest absolute Gasteiger partial charge is 0.497 e. The van der Waals surface area contributed by atoms with E-state index in [9.17, 15) is 9.59 Å². The molecular weight excluding hydrogens is 246 g/mol. The van der Waals surface area contributed by atoms with E-state index >= 15 is 0 Å². The van der Waals surface area contributed by atoms with Crippen LogP contribution in [0.15, 0.2) is 18.2 Å². The molecule has 0 aromatic heterocycles. The van der Waals surface area contributed by atoms with Gasteiger partial charge in [0.1, 0.15) is 11.7 Å². The molecule has 1 aromatic carbocycles. The number of ether oxygens (including phenoxy) is 2. The molecule has 1 amide bonds. The molecule has 0 saturated heterocycles. The molecule has 5 heteroatoms. The summed E-state index contributed by atoms with van der Waals surface area (Å²) in [7, 11) is 1.57. The van der Waals surface area contributed by atoms with Crippen molar-refractivity contribution in [2.45, 2.75) is 19.8 Å². The summed E-state index contributed by atoms with van der Waals surface area (Å²) >= 11 is 0. The van der Waals surface area contributed by atoms with E-state index in [-0.39, 0.29) is 12.5 Å². The van der Waals surface area contributed by atoms with E-state index in [1.54, 1.807) is 20.1 Å². The van der Waals surface area contributed by atoms with E-state index in [2.05, 4.69) is 5.32 Å². The summed E-state index contributed by atoms with van der Waals surface area (Å²) < 4.78 is 10.1. The van der Waals surface area contributed by atoms with Crippen LogP contribution in [-0.2, 0) is 20.7 Å². The summed E-state index contributed by atoms with van der Waals surface area (Å²) in [6.45, 7) is 2.01. The lowest BCUT2D eigenvalue weighted by Gasteiger charge is -2.11. The van der Waals surface area contributed by atoms with Crippen molar-refractivity contribution in [1.29, 1.82) is 0 Å². The van der Waals surface area contributed by atoms with Gasteiger partial charge in [0.25, 0.3) is 0 Å². The van der Waals surface area contributed by atoms with Crippen molar-refractivity contribution in [2.24, 2.45) is 5.92 Å². The van der Waals surface area contributed by atoms with Crippen LogP contribution < -0.4 is 10.1 Å². The molecule has 1 heterocycles. The number of esters is 1. The number of hydrogen-bond acceptors (Lipinski definition) is 4. The Morgan fingerprint density at radius 1 is 1.47 bits per heavy atom. The van der Waals surface area contributed by atoms with Crippen molar-refractivity contribution < 1.29 is 19.1 Å². The fourth-order valence-electron chi connectivity index (χ4n) is 2.14. The average Bonchev–Trinajstić information content (AvgIpc) is 2.56. The van der Waals surface area contributed by atoms with Crippen LogP contribution in [0.25, 0.3) is 0 Å². The Kier molecular flexibility index (Phi) is 4.04. The summed E-state index contributed by atoms with van der Waals surface area (Å²) in [5, 5.41) is 2.77. The highest BCUT2D eigenvalue weighted by atomic mass is 16.5. The van der Waals surface area contributed by atoms with Crippen LogP contribution in [-0.4, -0.2) is 25.6 Å².